The number of rotatable bonds is 3. The molecule has 3 heteroatoms. The van der Waals surface area contributed by atoms with E-state index in [9.17, 15) is 0 Å². The third-order valence-corrected chi connectivity index (χ3v) is 4.46. The highest BCUT2D eigenvalue weighted by Crippen LogP contribution is 2.38. The van der Waals surface area contributed by atoms with Gasteiger partial charge in [0.05, 0.1) is 12.7 Å². The van der Waals surface area contributed by atoms with Gasteiger partial charge in [-0.2, -0.15) is 0 Å². The molecule has 1 heterocycles. The first-order valence-electron chi connectivity index (χ1n) is 7.13. The standard InChI is InChI=1S/C14H28N2O/c1-14(2)5-3-12(4-6-14)10-16-7-8-17-13(9-15)11-16/h12-13H,3-11,15H2,1-2H3. The summed E-state index contributed by atoms with van der Waals surface area (Å²) in [6.45, 7) is 9.72. The van der Waals surface area contributed by atoms with Crippen LogP contribution in [0.4, 0.5) is 0 Å². The SMILES string of the molecule is CC1(C)CCC(CN2CCOC(CN)C2)CC1. The van der Waals surface area contributed by atoms with Gasteiger partial charge in [0.1, 0.15) is 0 Å². The van der Waals surface area contributed by atoms with Crippen LogP contribution in [0.2, 0.25) is 0 Å². The zero-order chi connectivity index (χ0) is 12.3. The smallest absolute Gasteiger partial charge is 0.0824 e. The fourth-order valence-corrected chi connectivity index (χ4v) is 3.10. The second kappa shape index (κ2) is 5.68. The fraction of sp³-hybridized carbons (Fsp3) is 1.00. The van der Waals surface area contributed by atoms with E-state index < -0.39 is 0 Å². The van der Waals surface area contributed by atoms with Gasteiger partial charge >= 0.3 is 0 Å². The average Bonchev–Trinajstić information content (AvgIpc) is 2.32. The number of hydrogen-bond donors (Lipinski definition) is 1. The molecule has 1 saturated heterocycles. The second-order valence-corrected chi connectivity index (χ2v) is 6.60. The van der Waals surface area contributed by atoms with Crippen LogP contribution in [-0.4, -0.2) is 43.8 Å². The molecule has 100 valence electrons. The molecule has 0 spiro atoms. The van der Waals surface area contributed by atoms with E-state index in [0.29, 0.717) is 12.0 Å². The first kappa shape index (κ1) is 13.3. The third kappa shape index (κ3) is 3.94. The van der Waals surface area contributed by atoms with Crippen LogP contribution in [0, 0.1) is 11.3 Å². The van der Waals surface area contributed by atoms with Crippen LogP contribution in [0.3, 0.4) is 0 Å². The van der Waals surface area contributed by atoms with Crippen molar-refractivity contribution in [2.45, 2.75) is 45.6 Å². The summed E-state index contributed by atoms with van der Waals surface area (Å²) in [5.41, 5.74) is 6.27. The molecule has 3 nitrogen and oxygen atoms in total. The number of nitrogens with zero attached hydrogens (tertiary/aromatic N) is 1. The minimum atomic E-state index is 0.267. The Kier molecular flexibility index (Phi) is 4.45. The lowest BCUT2D eigenvalue weighted by Crippen LogP contribution is -2.47. The van der Waals surface area contributed by atoms with Gasteiger partial charge in [-0.15, -0.1) is 0 Å². The Balaban J connectivity index is 1.74. The van der Waals surface area contributed by atoms with Gasteiger partial charge in [0, 0.05) is 26.2 Å². The van der Waals surface area contributed by atoms with Crippen molar-refractivity contribution >= 4 is 0 Å². The Labute approximate surface area is 106 Å². The Morgan fingerprint density at radius 1 is 1.29 bits per heavy atom. The summed E-state index contributed by atoms with van der Waals surface area (Å²) >= 11 is 0. The summed E-state index contributed by atoms with van der Waals surface area (Å²) in [4.78, 5) is 2.56. The van der Waals surface area contributed by atoms with Crippen LogP contribution in [0.1, 0.15) is 39.5 Å². The van der Waals surface area contributed by atoms with E-state index in [1.807, 2.05) is 0 Å². The first-order valence-corrected chi connectivity index (χ1v) is 7.13. The molecule has 0 aromatic heterocycles. The fourth-order valence-electron chi connectivity index (χ4n) is 3.10. The molecule has 17 heavy (non-hydrogen) atoms. The molecule has 2 fully saturated rings. The van der Waals surface area contributed by atoms with E-state index in [2.05, 4.69) is 18.7 Å². The highest BCUT2D eigenvalue weighted by molar-refractivity contribution is 4.81. The molecule has 2 aliphatic rings. The van der Waals surface area contributed by atoms with Crippen molar-refractivity contribution in [2.24, 2.45) is 17.1 Å². The van der Waals surface area contributed by atoms with Crippen LogP contribution in [0.5, 0.6) is 0 Å². The van der Waals surface area contributed by atoms with Crippen LogP contribution >= 0.6 is 0 Å². The molecular weight excluding hydrogens is 212 g/mol. The lowest BCUT2D eigenvalue weighted by Gasteiger charge is -2.39. The Hall–Kier alpha value is -0.120. The maximum Gasteiger partial charge on any atom is 0.0824 e. The Bertz CT molecular complexity index is 232. The van der Waals surface area contributed by atoms with Crippen molar-refractivity contribution in [3.05, 3.63) is 0 Å². The van der Waals surface area contributed by atoms with Gasteiger partial charge in [0.25, 0.3) is 0 Å². The molecule has 1 unspecified atom stereocenters. The highest BCUT2D eigenvalue weighted by atomic mass is 16.5. The number of hydrogen-bond acceptors (Lipinski definition) is 3. The average molecular weight is 240 g/mol. The molecule has 0 aromatic rings. The van der Waals surface area contributed by atoms with Gasteiger partial charge < -0.3 is 10.5 Å². The van der Waals surface area contributed by atoms with Crippen molar-refractivity contribution in [3.8, 4) is 0 Å². The van der Waals surface area contributed by atoms with Gasteiger partial charge in [-0.1, -0.05) is 13.8 Å². The van der Waals surface area contributed by atoms with Crippen molar-refractivity contribution in [3.63, 3.8) is 0 Å². The maximum atomic E-state index is 5.68. The molecule has 0 aromatic carbocycles. The monoisotopic (exact) mass is 240 g/mol. The quantitative estimate of drug-likeness (QED) is 0.818. The zero-order valence-electron chi connectivity index (χ0n) is 11.5. The summed E-state index contributed by atoms with van der Waals surface area (Å²) in [7, 11) is 0. The highest BCUT2D eigenvalue weighted by Gasteiger charge is 2.29. The summed E-state index contributed by atoms with van der Waals surface area (Å²) < 4.78 is 5.61. The molecule has 1 aliphatic heterocycles. The third-order valence-electron chi connectivity index (χ3n) is 4.46. The molecule has 1 saturated carbocycles. The normalized spacial score (nSPS) is 31.6. The van der Waals surface area contributed by atoms with Gasteiger partial charge in [0.15, 0.2) is 0 Å². The van der Waals surface area contributed by atoms with Crippen LogP contribution in [0.15, 0.2) is 0 Å². The largest absolute Gasteiger partial charge is 0.374 e. The Morgan fingerprint density at radius 2 is 2.00 bits per heavy atom. The van der Waals surface area contributed by atoms with E-state index in [-0.39, 0.29) is 6.10 Å². The van der Waals surface area contributed by atoms with E-state index in [0.717, 1.165) is 25.6 Å². The topological polar surface area (TPSA) is 38.5 Å². The van der Waals surface area contributed by atoms with Gasteiger partial charge in [-0.3, -0.25) is 4.90 Å². The maximum absolute atomic E-state index is 5.68. The number of morpholine rings is 1. The molecule has 1 atom stereocenters. The summed E-state index contributed by atoms with van der Waals surface area (Å²) in [6, 6.07) is 0. The molecule has 1 aliphatic carbocycles. The predicted octanol–water partition coefficient (Wildman–Crippen LogP) is 1.86. The van der Waals surface area contributed by atoms with Crippen molar-refractivity contribution in [2.75, 3.05) is 32.8 Å². The van der Waals surface area contributed by atoms with E-state index in [1.165, 1.54) is 32.2 Å². The van der Waals surface area contributed by atoms with Gasteiger partial charge in [-0.25, -0.2) is 0 Å². The zero-order valence-corrected chi connectivity index (χ0v) is 11.5. The van der Waals surface area contributed by atoms with E-state index in [1.54, 1.807) is 0 Å². The van der Waals surface area contributed by atoms with Gasteiger partial charge in [0.2, 0.25) is 0 Å². The minimum Gasteiger partial charge on any atom is -0.374 e. The van der Waals surface area contributed by atoms with Crippen LogP contribution in [0.25, 0.3) is 0 Å². The number of ether oxygens (including phenoxy) is 1. The van der Waals surface area contributed by atoms with E-state index in [4.69, 9.17) is 10.5 Å². The lowest BCUT2D eigenvalue weighted by atomic mass is 9.73. The molecule has 0 radical (unpaired) electrons. The van der Waals surface area contributed by atoms with Gasteiger partial charge in [-0.05, 0) is 37.0 Å². The van der Waals surface area contributed by atoms with Crippen molar-refractivity contribution in [1.29, 1.82) is 0 Å². The predicted molar refractivity (Wildman–Crippen MR) is 71.0 cm³/mol. The Morgan fingerprint density at radius 3 is 2.65 bits per heavy atom. The summed E-state index contributed by atoms with van der Waals surface area (Å²) in [5.74, 6) is 0.902. The molecule has 2 rings (SSSR count). The van der Waals surface area contributed by atoms with Crippen LogP contribution < -0.4 is 5.73 Å². The molecule has 0 amide bonds. The van der Waals surface area contributed by atoms with Crippen molar-refractivity contribution in [1.82, 2.24) is 4.90 Å². The number of nitrogens with two attached hydrogens (primary N) is 1. The molecule has 0 bridgehead atoms. The van der Waals surface area contributed by atoms with Crippen molar-refractivity contribution < 1.29 is 4.74 Å². The minimum absolute atomic E-state index is 0.267. The molecule has 2 N–H and O–H groups in total. The molecular formula is C14H28N2O. The lowest BCUT2D eigenvalue weighted by molar-refractivity contribution is -0.0309. The van der Waals surface area contributed by atoms with E-state index >= 15 is 0 Å². The van der Waals surface area contributed by atoms with Crippen LogP contribution in [-0.2, 0) is 4.74 Å². The second-order valence-electron chi connectivity index (χ2n) is 6.60. The summed E-state index contributed by atoms with van der Waals surface area (Å²) in [5, 5.41) is 0. The summed E-state index contributed by atoms with van der Waals surface area (Å²) in [6.07, 6.45) is 5.85. The first-order chi connectivity index (χ1) is 8.09.